The molecule has 1 aliphatic rings. The van der Waals surface area contributed by atoms with Gasteiger partial charge >= 0.3 is 0 Å². The van der Waals surface area contributed by atoms with Crippen molar-refractivity contribution in [2.45, 2.75) is 38.0 Å². The van der Waals surface area contributed by atoms with E-state index < -0.39 is 0 Å². The number of thioether (sulfide) groups is 1. The molecule has 0 aliphatic carbocycles. The van der Waals surface area contributed by atoms with E-state index in [0.29, 0.717) is 11.4 Å². The fourth-order valence-electron chi connectivity index (χ4n) is 3.02. The molecule has 2 aromatic carbocycles. The smallest absolute Gasteiger partial charge is 0.265 e. The van der Waals surface area contributed by atoms with Gasteiger partial charge in [0.2, 0.25) is 5.91 Å². The number of para-hydroxylation sites is 1. The second kappa shape index (κ2) is 9.60. The zero-order valence-corrected chi connectivity index (χ0v) is 17.2. The zero-order chi connectivity index (χ0) is 19.9. The Kier molecular flexibility index (Phi) is 6.93. The molecule has 2 amide bonds. The summed E-state index contributed by atoms with van der Waals surface area (Å²) in [7, 11) is 0. The zero-order valence-electron chi connectivity index (χ0n) is 16.4. The first-order valence-corrected chi connectivity index (χ1v) is 10.6. The average molecular weight is 395 g/mol. The third kappa shape index (κ3) is 4.84. The van der Waals surface area contributed by atoms with Crippen molar-refractivity contribution in [1.29, 1.82) is 0 Å². The minimum absolute atomic E-state index is 0.0340. The Balaban J connectivity index is 1.85. The number of carbonyl (C=O) groups excluding carboxylic acids is 2. The SMILES string of the molecule is CCCCNC(=O)CN1C(=O)/C(=C\c2ccc(CC)cc2)Sc2ccccc21. The molecule has 146 valence electrons. The minimum Gasteiger partial charge on any atom is -0.355 e. The first-order chi connectivity index (χ1) is 13.6. The molecule has 1 aliphatic heterocycles. The topological polar surface area (TPSA) is 49.4 Å². The quantitative estimate of drug-likeness (QED) is 0.549. The lowest BCUT2D eigenvalue weighted by Gasteiger charge is -2.29. The van der Waals surface area contributed by atoms with E-state index in [9.17, 15) is 9.59 Å². The second-order valence-electron chi connectivity index (χ2n) is 6.77. The van der Waals surface area contributed by atoms with Gasteiger partial charge in [-0.2, -0.15) is 0 Å². The van der Waals surface area contributed by atoms with Gasteiger partial charge in [-0.05, 0) is 42.2 Å². The van der Waals surface area contributed by atoms with Crippen molar-refractivity contribution in [1.82, 2.24) is 5.32 Å². The third-order valence-corrected chi connectivity index (χ3v) is 5.75. The molecule has 28 heavy (non-hydrogen) atoms. The molecule has 0 fully saturated rings. The van der Waals surface area contributed by atoms with Crippen molar-refractivity contribution < 1.29 is 9.59 Å². The number of rotatable bonds is 7. The molecule has 0 saturated heterocycles. The van der Waals surface area contributed by atoms with Gasteiger partial charge in [-0.25, -0.2) is 0 Å². The number of anilines is 1. The van der Waals surface area contributed by atoms with Crippen LogP contribution in [0.1, 0.15) is 37.8 Å². The van der Waals surface area contributed by atoms with Crippen LogP contribution in [0.3, 0.4) is 0 Å². The number of hydrogen-bond acceptors (Lipinski definition) is 3. The highest BCUT2D eigenvalue weighted by Gasteiger charge is 2.30. The number of benzene rings is 2. The largest absolute Gasteiger partial charge is 0.355 e. The summed E-state index contributed by atoms with van der Waals surface area (Å²) < 4.78 is 0. The van der Waals surface area contributed by atoms with E-state index in [0.717, 1.165) is 35.4 Å². The summed E-state index contributed by atoms with van der Waals surface area (Å²) in [4.78, 5) is 28.7. The van der Waals surface area contributed by atoms with Gasteiger partial charge in [0, 0.05) is 11.4 Å². The van der Waals surface area contributed by atoms with E-state index >= 15 is 0 Å². The maximum Gasteiger partial charge on any atom is 0.265 e. The van der Waals surface area contributed by atoms with Gasteiger partial charge in [0.25, 0.3) is 5.91 Å². The van der Waals surface area contributed by atoms with Crippen LogP contribution < -0.4 is 10.2 Å². The van der Waals surface area contributed by atoms with Crippen LogP contribution in [0.15, 0.2) is 58.3 Å². The van der Waals surface area contributed by atoms with Crippen molar-refractivity contribution in [3.8, 4) is 0 Å². The van der Waals surface area contributed by atoms with Crippen LogP contribution in [0.4, 0.5) is 5.69 Å². The summed E-state index contributed by atoms with van der Waals surface area (Å²) in [5, 5.41) is 2.90. The highest BCUT2D eigenvalue weighted by molar-refractivity contribution is 8.04. The Morgan fingerprint density at radius 2 is 1.86 bits per heavy atom. The van der Waals surface area contributed by atoms with Crippen molar-refractivity contribution in [3.05, 3.63) is 64.6 Å². The van der Waals surface area contributed by atoms with Crippen molar-refractivity contribution in [2.24, 2.45) is 0 Å². The van der Waals surface area contributed by atoms with Gasteiger partial charge in [-0.3, -0.25) is 14.5 Å². The first-order valence-electron chi connectivity index (χ1n) is 9.78. The van der Waals surface area contributed by atoms with Gasteiger partial charge in [-0.15, -0.1) is 0 Å². The molecule has 0 radical (unpaired) electrons. The number of nitrogens with zero attached hydrogens (tertiary/aromatic N) is 1. The summed E-state index contributed by atoms with van der Waals surface area (Å²) in [5.41, 5.74) is 3.04. The fourth-order valence-corrected chi connectivity index (χ4v) is 4.08. The summed E-state index contributed by atoms with van der Waals surface area (Å²) in [6.45, 7) is 4.87. The summed E-state index contributed by atoms with van der Waals surface area (Å²) >= 11 is 1.46. The highest BCUT2D eigenvalue weighted by Crippen LogP contribution is 2.41. The molecule has 2 aromatic rings. The Morgan fingerprint density at radius 3 is 2.57 bits per heavy atom. The molecule has 0 aromatic heterocycles. The molecule has 0 unspecified atom stereocenters. The molecule has 3 rings (SSSR count). The lowest BCUT2D eigenvalue weighted by molar-refractivity contribution is -0.122. The molecular formula is C23H26N2O2S. The van der Waals surface area contributed by atoms with Crippen LogP contribution >= 0.6 is 11.8 Å². The predicted molar refractivity (Wildman–Crippen MR) is 116 cm³/mol. The lowest BCUT2D eigenvalue weighted by atomic mass is 10.1. The summed E-state index contributed by atoms with van der Waals surface area (Å²) in [6, 6.07) is 16.0. The lowest BCUT2D eigenvalue weighted by Crippen LogP contribution is -2.42. The van der Waals surface area contributed by atoms with Crippen molar-refractivity contribution >= 4 is 35.3 Å². The van der Waals surface area contributed by atoms with Gasteiger partial charge in [0.05, 0.1) is 10.6 Å². The van der Waals surface area contributed by atoms with Gasteiger partial charge < -0.3 is 5.32 Å². The number of fused-ring (bicyclic) bond motifs is 1. The van der Waals surface area contributed by atoms with Crippen LogP contribution in [0, 0.1) is 0 Å². The van der Waals surface area contributed by atoms with Gasteiger partial charge in [-0.1, -0.05) is 68.4 Å². The van der Waals surface area contributed by atoms with Crippen LogP contribution in [-0.4, -0.2) is 24.9 Å². The first kappa shape index (κ1) is 20.2. The number of amides is 2. The van der Waals surface area contributed by atoms with E-state index in [2.05, 4.69) is 31.3 Å². The number of carbonyl (C=O) groups is 2. The molecule has 0 atom stereocenters. The standard InChI is InChI=1S/C23H26N2O2S/c1-3-5-14-24-22(26)16-25-19-8-6-7-9-20(19)28-21(23(25)27)15-18-12-10-17(4-2)11-13-18/h6-13,15H,3-5,14,16H2,1-2H3,(H,24,26)/b21-15+. The van der Waals surface area contributed by atoms with Crippen LogP contribution in [0.5, 0.6) is 0 Å². The Labute approximate surface area is 171 Å². The monoisotopic (exact) mass is 394 g/mol. The maximum absolute atomic E-state index is 13.1. The molecule has 1 heterocycles. The third-order valence-electron chi connectivity index (χ3n) is 4.67. The van der Waals surface area contributed by atoms with E-state index in [1.807, 2.05) is 42.5 Å². The average Bonchev–Trinajstić information content (AvgIpc) is 2.72. The van der Waals surface area contributed by atoms with Gasteiger partial charge in [0.15, 0.2) is 0 Å². The van der Waals surface area contributed by atoms with E-state index in [4.69, 9.17) is 0 Å². The Bertz CT molecular complexity index is 874. The molecule has 0 spiro atoms. The molecular weight excluding hydrogens is 368 g/mol. The second-order valence-corrected chi connectivity index (χ2v) is 7.85. The molecule has 0 saturated carbocycles. The number of unbranched alkanes of at least 4 members (excludes halogenated alkanes) is 1. The van der Waals surface area contributed by atoms with Gasteiger partial charge in [0.1, 0.15) is 6.54 Å². The minimum atomic E-state index is -0.131. The molecule has 4 nitrogen and oxygen atoms in total. The highest BCUT2D eigenvalue weighted by atomic mass is 32.2. The maximum atomic E-state index is 13.1. The number of nitrogens with one attached hydrogen (secondary N) is 1. The normalized spacial score (nSPS) is 14.9. The van der Waals surface area contributed by atoms with Crippen LogP contribution in [-0.2, 0) is 16.0 Å². The summed E-state index contributed by atoms with van der Waals surface area (Å²) in [5.74, 6) is -0.260. The Morgan fingerprint density at radius 1 is 1.11 bits per heavy atom. The molecule has 0 bridgehead atoms. The van der Waals surface area contributed by atoms with E-state index in [1.165, 1.54) is 17.3 Å². The van der Waals surface area contributed by atoms with Crippen molar-refractivity contribution in [2.75, 3.05) is 18.0 Å². The van der Waals surface area contributed by atoms with Crippen LogP contribution in [0.25, 0.3) is 6.08 Å². The van der Waals surface area contributed by atoms with E-state index in [-0.39, 0.29) is 18.4 Å². The van der Waals surface area contributed by atoms with Crippen LogP contribution in [0.2, 0.25) is 0 Å². The predicted octanol–water partition coefficient (Wildman–Crippen LogP) is 4.65. The number of aryl methyl sites for hydroxylation is 1. The van der Waals surface area contributed by atoms with E-state index in [1.54, 1.807) is 4.90 Å². The fraction of sp³-hybridized carbons (Fsp3) is 0.304. The van der Waals surface area contributed by atoms with Crippen molar-refractivity contribution in [3.63, 3.8) is 0 Å². The summed E-state index contributed by atoms with van der Waals surface area (Å²) in [6.07, 6.45) is 4.85. The number of hydrogen-bond donors (Lipinski definition) is 1. The Hall–Kier alpha value is -2.53. The molecule has 1 N–H and O–H groups in total. The molecule has 5 heteroatoms.